The van der Waals surface area contributed by atoms with E-state index in [9.17, 15) is 8.42 Å². The van der Waals surface area contributed by atoms with E-state index in [1.54, 1.807) is 0 Å². The van der Waals surface area contributed by atoms with Crippen LogP contribution in [-0.2, 0) is 29.1 Å². The molecular formula is C22H35N5O2S. The Balaban J connectivity index is 1.87. The van der Waals surface area contributed by atoms with Crippen LogP contribution in [0, 0.1) is 13.8 Å². The van der Waals surface area contributed by atoms with Crippen LogP contribution >= 0.6 is 0 Å². The molecule has 2 N–H and O–H groups in total. The fourth-order valence-corrected chi connectivity index (χ4v) is 4.81. The number of nitrogens with one attached hydrogen (secondary N) is 2. The second kappa shape index (κ2) is 11.2. The topological polar surface area (TPSA) is 88.4 Å². The second-order valence-corrected chi connectivity index (χ2v) is 9.90. The van der Waals surface area contributed by atoms with Crippen LogP contribution in [0.5, 0.6) is 0 Å². The maximum atomic E-state index is 12.3. The van der Waals surface area contributed by atoms with Crippen LogP contribution in [0.25, 0.3) is 0 Å². The highest BCUT2D eigenvalue weighted by atomic mass is 32.2. The van der Waals surface area contributed by atoms with Crippen molar-refractivity contribution in [2.45, 2.75) is 52.3 Å². The van der Waals surface area contributed by atoms with E-state index in [2.05, 4.69) is 34.6 Å². The van der Waals surface area contributed by atoms with Gasteiger partial charge in [0.1, 0.15) is 0 Å². The molecular weight excluding hydrogens is 398 g/mol. The van der Waals surface area contributed by atoms with E-state index >= 15 is 0 Å². The molecule has 0 bridgehead atoms. The Bertz CT molecular complexity index is 936. The lowest BCUT2D eigenvalue weighted by molar-refractivity contribution is 0.592. The monoisotopic (exact) mass is 433 g/mol. The zero-order valence-electron chi connectivity index (χ0n) is 18.8. The Morgan fingerprint density at radius 2 is 1.93 bits per heavy atom. The van der Waals surface area contributed by atoms with Crippen molar-refractivity contribution in [3.63, 3.8) is 0 Å². The molecule has 0 fully saturated rings. The van der Waals surface area contributed by atoms with E-state index in [1.807, 2.05) is 55.9 Å². The predicted octanol–water partition coefficient (Wildman–Crippen LogP) is 2.53. The van der Waals surface area contributed by atoms with Crippen LogP contribution in [0.15, 0.2) is 35.3 Å². The lowest BCUT2D eigenvalue weighted by Gasteiger charge is -2.18. The molecule has 1 aromatic heterocycles. The molecule has 0 saturated heterocycles. The van der Waals surface area contributed by atoms with Gasteiger partial charge in [-0.05, 0) is 51.7 Å². The number of aromatic nitrogens is 2. The molecule has 2 aromatic rings. The van der Waals surface area contributed by atoms with E-state index in [1.165, 1.54) is 11.3 Å². The lowest BCUT2D eigenvalue weighted by atomic mass is 10.1. The van der Waals surface area contributed by atoms with Gasteiger partial charge < -0.3 is 10.6 Å². The minimum Gasteiger partial charge on any atom is -0.357 e. The van der Waals surface area contributed by atoms with Crippen LogP contribution in [0.4, 0.5) is 0 Å². The molecule has 0 radical (unpaired) electrons. The van der Waals surface area contributed by atoms with Gasteiger partial charge in [-0.25, -0.2) is 8.42 Å². The molecule has 0 aliphatic rings. The van der Waals surface area contributed by atoms with E-state index in [0.29, 0.717) is 18.9 Å². The van der Waals surface area contributed by atoms with Gasteiger partial charge in [-0.2, -0.15) is 5.10 Å². The Morgan fingerprint density at radius 1 is 1.23 bits per heavy atom. The highest BCUT2D eigenvalue weighted by molar-refractivity contribution is 7.90. The predicted molar refractivity (Wildman–Crippen MR) is 124 cm³/mol. The number of sulfone groups is 1. The third kappa shape index (κ3) is 7.48. The summed E-state index contributed by atoms with van der Waals surface area (Å²) in [5, 5.41) is 11.1. The first-order chi connectivity index (χ1) is 14.2. The van der Waals surface area contributed by atoms with Crippen molar-refractivity contribution in [1.29, 1.82) is 0 Å². The first-order valence-corrected chi connectivity index (χ1v) is 12.3. The van der Waals surface area contributed by atoms with Crippen molar-refractivity contribution in [1.82, 2.24) is 20.4 Å². The summed E-state index contributed by atoms with van der Waals surface area (Å²) in [5.41, 5.74) is 4.30. The third-order valence-corrected chi connectivity index (χ3v) is 6.69. The molecule has 30 heavy (non-hydrogen) atoms. The molecule has 0 amide bonds. The van der Waals surface area contributed by atoms with Gasteiger partial charge in [-0.3, -0.25) is 9.67 Å². The summed E-state index contributed by atoms with van der Waals surface area (Å²) >= 11 is 0. The summed E-state index contributed by atoms with van der Waals surface area (Å²) in [4.78, 5) is 4.56. The SMILES string of the molecule is CCNC(=NCCCS(=O)(=O)Cc1ccccc1)NC(C)Cc1c(C)nn(C)c1C. The standard InChI is InChI=1S/C22H35N5O2S/c1-6-23-22(25-17(2)15-21-18(3)26-27(5)19(21)4)24-13-10-14-30(28,29)16-20-11-8-7-9-12-20/h7-9,11-12,17H,6,10,13-16H2,1-5H3,(H2,23,24,25). The first-order valence-electron chi connectivity index (χ1n) is 10.5. The van der Waals surface area contributed by atoms with Crippen molar-refractivity contribution in [3.8, 4) is 0 Å². The van der Waals surface area contributed by atoms with Gasteiger partial charge in [0.15, 0.2) is 15.8 Å². The van der Waals surface area contributed by atoms with Crippen LogP contribution in [0.3, 0.4) is 0 Å². The first kappa shape index (κ1) is 23.9. The number of aliphatic imine (C=N–C) groups is 1. The summed E-state index contributed by atoms with van der Waals surface area (Å²) in [6, 6.07) is 9.47. The van der Waals surface area contributed by atoms with Crippen molar-refractivity contribution < 1.29 is 8.42 Å². The third-order valence-electron chi connectivity index (χ3n) is 5.01. The molecule has 0 saturated carbocycles. The Labute approximate surface area is 180 Å². The average Bonchev–Trinajstić information content (AvgIpc) is 2.92. The van der Waals surface area contributed by atoms with Gasteiger partial charge in [0.05, 0.1) is 17.2 Å². The van der Waals surface area contributed by atoms with E-state index in [-0.39, 0.29) is 17.5 Å². The molecule has 1 atom stereocenters. The summed E-state index contributed by atoms with van der Waals surface area (Å²) in [6.07, 6.45) is 1.35. The Kier molecular flexibility index (Phi) is 8.89. The maximum absolute atomic E-state index is 12.3. The number of hydrogen-bond donors (Lipinski definition) is 2. The quantitative estimate of drug-likeness (QED) is 0.341. The van der Waals surface area contributed by atoms with Crippen LogP contribution in [-0.4, -0.2) is 49.0 Å². The number of hydrogen-bond acceptors (Lipinski definition) is 4. The van der Waals surface area contributed by atoms with Crippen molar-refractivity contribution in [2.75, 3.05) is 18.8 Å². The summed E-state index contributed by atoms with van der Waals surface area (Å²) in [7, 11) is -1.18. The second-order valence-electron chi connectivity index (χ2n) is 7.71. The van der Waals surface area contributed by atoms with Gasteiger partial charge in [0.2, 0.25) is 0 Å². The van der Waals surface area contributed by atoms with E-state index < -0.39 is 9.84 Å². The maximum Gasteiger partial charge on any atom is 0.191 e. The lowest BCUT2D eigenvalue weighted by Crippen LogP contribution is -2.43. The highest BCUT2D eigenvalue weighted by Gasteiger charge is 2.14. The minimum absolute atomic E-state index is 0.0801. The highest BCUT2D eigenvalue weighted by Crippen LogP contribution is 2.14. The summed E-state index contributed by atoms with van der Waals surface area (Å²) in [5.74, 6) is 0.926. The molecule has 0 aliphatic heterocycles. The van der Waals surface area contributed by atoms with Gasteiger partial charge in [-0.15, -0.1) is 0 Å². The van der Waals surface area contributed by atoms with Gasteiger partial charge >= 0.3 is 0 Å². The number of guanidine groups is 1. The fourth-order valence-electron chi connectivity index (χ4n) is 3.40. The molecule has 8 heteroatoms. The molecule has 0 spiro atoms. The van der Waals surface area contributed by atoms with E-state index in [4.69, 9.17) is 0 Å². The zero-order valence-corrected chi connectivity index (χ0v) is 19.6. The Morgan fingerprint density at radius 3 is 2.53 bits per heavy atom. The molecule has 0 aliphatic carbocycles. The zero-order chi connectivity index (χ0) is 22.1. The molecule has 166 valence electrons. The summed E-state index contributed by atoms with van der Waals surface area (Å²) < 4.78 is 26.6. The largest absolute Gasteiger partial charge is 0.357 e. The number of rotatable bonds is 10. The molecule has 1 unspecified atom stereocenters. The fraction of sp³-hybridized carbons (Fsp3) is 0.545. The smallest absolute Gasteiger partial charge is 0.191 e. The minimum atomic E-state index is -3.14. The van der Waals surface area contributed by atoms with Crippen LogP contribution in [0.1, 0.15) is 42.8 Å². The summed E-state index contributed by atoms with van der Waals surface area (Å²) in [6.45, 7) is 9.45. The van der Waals surface area contributed by atoms with Crippen LogP contribution < -0.4 is 10.6 Å². The number of benzene rings is 1. The van der Waals surface area contributed by atoms with Crippen molar-refractivity contribution >= 4 is 15.8 Å². The molecule has 7 nitrogen and oxygen atoms in total. The van der Waals surface area contributed by atoms with Crippen molar-refractivity contribution in [2.24, 2.45) is 12.0 Å². The van der Waals surface area contributed by atoms with E-state index in [0.717, 1.165) is 24.2 Å². The normalized spacial score (nSPS) is 13.3. The molecule has 1 heterocycles. The number of nitrogens with zero attached hydrogens (tertiary/aromatic N) is 3. The molecule has 1 aromatic carbocycles. The number of aryl methyl sites for hydroxylation is 2. The van der Waals surface area contributed by atoms with Crippen LogP contribution in [0.2, 0.25) is 0 Å². The average molecular weight is 434 g/mol. The van der Waals surface area contributed by atoms with Gasteiger partial charge in [0.25, 0.3) is 0 Å². The van der Waals surface area contributed by atoms with Gasteiger partial charge in [-0.1, -0.05) is 30.3 Å². The van der Waals surface area contributed by atoms with Crippen molar-refractivity contribution in [3.05, 3.63) is 52.8 Å². The van der Waals surface area contributed by atoms with Gasteiger partial charge in [0, 0.05) is 31.9 Å². The molecule has 2 rings (SSSR count). The Hall–Kier alpha value is -2.35.